The Balaban J connectivity index is 1.47. The lowest BCUT2D eigenvalue weighted by Gasteiger charge is -2.13. The van der Waals surface area contributed by atoms with Gasteiger partial charge in [0.05, 0.1) is 22.3 Å². The van der Waals surface area contributed by atoms with Crippen LogP contribution in [0.25, 0.3) is 16.6 Å². The van der Waals surface area contributed by atoms with Crippen molar-refractivity contribution in [2.45, 2.75) is 32.2 Å². The number of sulfonamides is 1. The number of para-hydroxylation sites is 1. The summed E-state index contributed by atoms with van der Waals surface area (Å²) in [6, 6.07) is 20.7. The van der Waals surface area contributed by atoms with Gasteiger partial charge in [-0.15, -0.1) is 0 Å². The summed E-state index contributed by atoms with van der Waals surface area (Å²) in [7, 11) is -3.49. The third-order valence-corrected chi connectivity index (χ3v) is 6.91. The zero-order valence-corrected chi connectivity index (χ0v) is 20.2. The number of carbonyl (C=O) groups excluding carboxylic acids is 1. The molecule has 0 aliphatic heterocycles. The quantitative estimate of drug-likeness (QED) is 0.394. The molecule has 180 valence electrons. The minimum Gasteiger partial charge on any atom is -0.348 e. The maximum Gasteiger partial charge on any atom is 0.265 e. The molecular formula is C26H26N4O4S. The highest BCUT2D eigenvalue weighted by atomic mass is 32.2. The van der Waals surface area contributed by atoms with E-state index in [1.165, 1.54) is 10.9 Å². The molecule has 2 N–H and O–H groups in total. The first-order valence-corrected chi connectivity index (χ1v) is 12.8. The largest absolute Gasteiger partial charge is 0.348 e. The Morgan fingerprint density at radius 3 is 2.31 bits per heavy atom. The topological polar surface area (TPSA) is 110 Å². The number of hydrogen-bond acceptors (Lipinski definition) is 5. The third kappa shape index (κ3) is 5.82. The summed E-state index contributed by atoms with van der Waals surface area (Å²) >= 11 is 0. The first kappa shape index (κ1) is 24.3. The molecule has 0 radical (unpaired) electrons. The predicted molar refractivity (Wildman–Crippen MR) is 136 cm³/mol. The van der Waals surface area contributed by atoms with Gasteiger partial charge in [-0.05, 0) is 61.4 Å². The van der Waals surface area contributed by atoms with E-state index in [9.17, 15) is 18.0 Å². The number of hydrogen-bond donors (Lipinski definition) is 2. The number of benzene rings is 3. The highest BCUT2D eigenvalue weighted by Crippen LogP contribution is 2.14. The summed E-state index contributed by atoms with van der Waals surface area (Å²) in [4.78, 5) is 29.8. The number of nitrogens with one attached hydrogen (secondary N) is 2. The van der Waals surface area contributed by atoms with Gasteiger partial charge in [0.1, 0.15) is 6.33 Å². The Bertz CT molecular complexity index is 1530. The van der Waals surface area contributed by atoms with Crippen LogP contribution in [0.1, 0.15) is 35.3 Å². The van der Waals surface area contributed by atoms with Crippen LogP contribution >= 0.6 is 0 Å². The SMILES string of the molecule is CC(C)NS(=O)(=O)Cc1ccccc1CNC(=O)c1ccc(-n2cnc3ccccc3c2=O)cc1. The molecule has 8 nitrogen and oxygen atoms in total. The predicted octanol–water partition coefficient (Wildman–Crippen LogP) is 3.14. The van der Waals surface area contributed by atoms with Gasteiger partial charge < -0.3 is 5.32 Å². The molecule has 1 heterocycles. The minimum absolute atomic E-state index is 0.166. The van der Waals surface area contributed by atoms with Crippen LogP contribution in [-0.4, -0.2) is 29.9 Å². The van der Waals surface area contributed by atoms with E-state index >= 15 is 0 Å². The molecule has 1 aromatic heterocycles. The van der Waals surface area contributed by atoms with Crippen LogP contribution in [0.2, 0.25) is 0 Å². The van der Waals surface area contributed by atoms with Crippen molar-refractivity contribution in [2.24, 2.45) is 0 Å². The summed E-state index contributed by atoms with van der Waals surface area (Å²) in [6.07, 6.45) is 1.47. The van der Waals surface area contributed by atoms with Crippen molar-refractivity contribution in [1.82, 2.24) is 19.6 Å². The molecular weight excluding hydrogens is 464 g/mol. The van der Waals surface area contributed by atoms with Gasteiger partial charge in [-0.1, -0.05) is 36.4 Å². The molecule has 9 heteroatoms. The first-order valence-electron chi connectivity index (χ1n) is 11.2. The minimum atomic E-state index is -3.49. The maximum atomic E-state index is 12.8. The van der Waals surface area contributed by atoms with Crippen LogP contribution in [0.3, 0.4) is 0 Å². The van der Waals surface area contributed by atoms with Crippen molar-refractivity contribution in [3.8, 4) is 5.69 Å². The van der Waals surface area contributed by atoms with E-state index in [1.54, 1.807) is 80.6 Å². The second kappa shape index (κ2) is 10.2. The fraction of sp³-hybridized carbons (Fsp3) is 0.192. The fourth-order valence-corrected chi connectivity index (χ4v) is 5.27. The highest BCUT2D eigenvalue weighted by Gasteiger charge is 2.16. The Kier molecular flexibility index (Phi) is 7.09. The lowest BCUT2D eigenvalue weighted by Crippen LogP contribution is -2.32. The van der Waals surface area contributed by atoms with Crippen LogP contribution in [0.15, 0.2) is 83.9 Å². The van der Waals surface area contributed by atoms with Crippen LogP contribution in [0.5, 0.6) is 0 Å². The van der Waals surface area contributed by atoms with Gasteiger partial charge in [0.15, 0.2) is 0 Å². The molecule has 0 fully saturated rings. The summed E-state index contributed by atoms with van der Waals surface area (Å²) in [5.74, 6) is -0.473. The lowest BCUT2D eigenvalue weighted by atomic mass is 10.1. The molecule has 0 spiro atoms. The Morgan fingerprint density at radius 1 is 0.943 bits per heavy atom. The van der Waals surface area contributed by atoms with Gasteiger partial charge in [0.25, 0.3) is 11.5 Å². The van der Waals surface area contributed by atoms with Crippen molar-refractivity contribution in [3.05, 3.63) is 106 Å². The normalized spacial score (nSPS) is 11.6. The molecule has 0 bridgehead atoms. The smallest absolute Gasteiger partial charge is 0.265 e. The number of nitrogens with zero attached hydrogens (tertiary/aromatic N) is 2. The molecule has 1 amide bonds. The number of fused-ring (bicyclic) bond motifs is 1. The molecule has 0 unspecified atom stereocenters. The van der Waals surface area contributed by atoms with Gasteiger partial charge in [-0.3, -0.25) is 14.2 Å². The zero-order valence-electron chi connectivity index (χ0n) is 19.4. The number of amides is 1. The maximum absolute atomic E-state index is 12.8. The second-order valence-electron chi connectivity index (χ2n) is 8.47. The standard InChI is InChI=1S/C26H26N4O4S/c1-18(2)29-35(33,34)16-21-8-4-3-7-20(21)15-27-25(31)19-11-13-22(14-12-19)30-17-28-24-10-6-5-9-23(24)26(30)32/h3-14,17-18,29H,15-16H2,1-2H3,(H,27,31). The summed E-state index contributed by atoms with van der Waals surface area (Å²) < 4.78 is 28.7. The van der Waals surface area contributed by atoms with E-state index < -0.39 is 10.0 Å². The number of rotatable bonds is 8. The van der Waals surface area contributed by atoms with E-state index in [4.69, 9.17) is 0 Å². The van der Waals surface area contributed by atoms with Gasteiger partial charge in [0, 0.05) is 18.2 Å². The van der Waals surface area contributed by atoms with Gasteiger partial charge in [-0.25, -0.2) is 18.1 Å². The van der Waals surface area contributed by atoms with Crippen molar-refractivity contribution >= 4 is 26.8 Å². The Morgan fingerprint density at radius 2 is 1.60 bits per heavy atom. The third-order valence-electron chi connectivity index (χ3n) is 5.39. The molecule has 4 rings (SSSR count). The van der Waals surface area contributed by atoms with Crippen LogP contribution in [0, 0.1) is 0 Å². The summed E-state index contributed by atoms with van der Waals surface area (Å²) in [5, 5.41) is 3.36. The number of aromatic nitrogens is 2. The van der Waals surface area contributed by atoms with E-state index in [0.717, 1.165) is 5.56 Å². The number of carbonyl (C=O) groups is 1. The first-order chi connectivity index (χ1) is 16.7. The van der Waals surface area contributed by atoms with E-state index in [2.05, 4.69) is 15.0 Å². The molecule has 4 aromatic rings. The van der Waals surface area contributed by atoms with Gasteiger partial charge in [0.2, 0.25) is 10.0 Å². The van der Waals surface area contributed by atoms with Crippen molar-refractivity contribution < 1.29 is 13.2 Å². The highest BCUT2D eigenvalue weighted by molar-refractivity contribution is 7.88. The summed E-state index contributed by atoms with van der Waals surface area (Å²) in [5.41, 5.74) is 2.80. The molecule has 0 atom stereocenters. The molecule has 3 aromatic carbocycles. The van der Waals surface area contributed by atoms with Crippen molar-refractivity contribution in [1.29, 1.82) is 0 Å². The Hall–Kier alpha value is -3.82. The molecule has 0 aliphatic rings. The molecule has 0 saturated carbocycles. The van der Waals surface area contributed by atoms with Crippen LogP contribution in [-0.2, 0) is 22.3 Å². The molecule has 0 aliphatic carbocycles. The zero-order chi connectivity index (χ0) is 25.0. The average molecular weight is 491 g/mol. The monoisotopic (exact) mass is 490 g/mol. The molecule has 0 saturated heterocycles. The molecule has 35 heavy (non-hydrogen) atoms. The fourth-order valence-electron chi connectivity index (χ4n) is 3.78. The van der Waals surface area contributed by atoms with Crippen molar-refractivity contribution in [2.75, 3.05) is 0 Å². The van der Waals surface area contributed by atoms with Crippen LogP contribution in [0.4, 0.5) is 0 Å². The van der Waals surface area contributed by atoms with Crippen LogP contribution < -0.4 is 15.6 Å². The Labute approximate surface area is 203 Å². The van der Waals surface area contributed by atoms with Crippen molar-refractivity contribution in [3.63, 3.8) is 0 Å². The second-order valence-corrected chi connectivity index (χ2v) is 10.2. The lowest BCUT2D eigenvalue weighted by molar-refractivity contribution is 0.0951. The summed E-state index contributed by atoms with van der Waals surface area (Å²) in [6.45, 7) is 3.71. The van der Waals surface area contributed by atoms with E-state index in [0.29, 0.717) is 27.7 Å². The van der Waals surface area contributed by atoms with Gasteiger partial charge in [-0.2, -0.15) is 0 Å². The van der Waals surface area contributed by atoms with E-state index in [-0.39, 0.29) is 29.8 Å². The van der Waals surface area contributed by atoms with E-state index in [1.807, 2.05) is 6.07 Å². The average Bonchev–Trinajstić information content (AvgIpc) is 2.83. The van der Waals surface area contributed by atoms with Gasteiger partial charge >= 0.3 is 0 Å².